The number of imidazole rings is 1. The molecule has 11 heteroatoms. The van der Waals surface area contributed by atoms with Gasteiger partial charge in [-0.1, -0.05) is 18.2 Å². The third-order valence-electron chi connectivity index (χ3n) is 4.89. The van der Waals surface area contributed by atoms with E-state index in [9.17, 15) is 23.3 Å². The first kappa shape index (κ1) is 20.0. The van der Waals surface area contributed by atoms with Crippen LogP contribution in [0.5, 0.6) is 5.75 Å². The molecule has 1 aromatic carbocycles. The van der Waals surface area contributed by atoms with E-state index in [1.807, 2.05) is 4.90 Å². The molecule has 0 spiro atoms. The van der Waals surface area contributed by atoms with E-state index in [0.29, 0.717) is 44.2 Å². The lowest BCUT2D eigenvalue weighted by atomic mass is 10.2. The zero-order valence-electron chi connectivity index (χ0n) is 15.7. The minimum Gasteiger partial charge on any atom is -0.406 e. The smallest absolute Gasteiger partial charge is 0.406 e. The van der Waals surface area contributed by atoms with Crippen LogP contribution in [0.25, 0.3) is 5.65 Å². The van der Waals surface area contributed by atoms with E-state index in [1.54, 1.807) is 36.5 Å². The van der Waals surface area contributed by atoms with Gasteiger partial charge in [-0.2, -0.15) is 9.38 Å². The van der Waals surface area contributed by atoms with E-state index in [1.165, 1.54) is 16.5 Å². The Hall–Kier alpha value is -3.34. The van der Waals surface area contributed by atoms with Crippen molar-refractivity contribution in [1.29, 1.82) is 0 Å². The van der Waals surface area contributed by atoms with Crippen molar-refractivity contribution < 1.29 is 22.8 Å². The number of alkyl halides is 3. The normalized spacial score (nSPS) is 15.5. The molecule has 0 radical (unpaired) electrons. The molecule has 158 valence electrons. The number of aromatic nitrogens is 2. The summed E-state index contributed by atoms with van der Waals surface area (Å²) in [4.78, 5) is 19.6. The number of rotatable bonds is 5. The second-order valence-corrected chi connectivity index (χ2v) is 6.90. The maximum atomic E-state index is 12.3. The van der Waals surface area contributed by atoms with Gasteiger partial charge in [0, 0.05) is 38.8 Å². The van der Waals surface area contributed by atoms with Gasteiger partial charge in [0.25, 0.3) is 0 Å². The topological polar surface area (TPSA) is 76.2 Å². The Kier molecular flexibility index (Phi) is 5.20. The van der Waals surface area contributed by atoms with Crippen molar-refractivity contribution in [2.24, 2.45) is 0 Å². The summed E-state index contributed by atoms with van der Waals surface area (Å²) in [6.07, 6.45) is -3.09. The van der Waals surface area contributed by atoms with Crippen LogP contribution in [0.1, 0.15) is 5.56 Å². The van der Waals surface area contributed by atoms with Gasteiger partial charge in [-0.3, -0.25) is 4.90 Å². The molecule has 2 aromatic heterocycles. The van der Waals surface area contributed by atoms with Gasteiger partial charge in [0.2, 0.25) is 11.5 Å². The first-order valence-corrected chi connectivity index (χ1v) is 9.23. The van der Waals surface area contributed by atoms with Crippen molar-refractivity contribution in [3.8, 4) is 5.75 Å². The minimum absolute atomic E-state index is 0.0562. The second-order valence-electron chi connectivity index (χ2n) is 6.90. The van der Waals surface area contributed by atoms with Crippen LogP contribution in [0.4, 0.5) is 24.8 Å². The molecule has 0 unspecified atom stereocenters. The van der Waals surface area contributed by atoms with Crippen molar-refractivity contribution >= 4 is 17.3 Å². The molecular weight excluding hydrogens is 403 g/mol. The standard InChI is InChI=1S/C19H18F3N5O3/c20-19(21,22)30-15-6-4-14(5-7-15)13-24-9-11-25(12-10-24)17-18(27(28)29)26-8-2-1-3-16(26)23-17/h1-8H,9-13H2. The molecule has 1 saturated heterocycles. The Balaban J connectivity index is 1.40. The summed E-state index contributed by atoms with van der Waals surface area (Å²) >= 11 is 0. The Bertz CT molecular complexity index is 1040. The molecule has 0 aliphatic carbocycles. The Morgan fingerprint density at radius 3 is 2.40 bits per heavy atom. The number of anilines is 1. The fourth-order valence-corrected chi connectivity index (χ4v) is 3.52. The molecule has 0 saturated carbocycles. The Morgan fingerprint density at radius 1 is 1.07 bits per heavy atom. The molecule has 1 fully saturated rings. The molecule has 0 amide bonds. The quantitative estimate of drug-likeness (QED) is 0.464. The first-order valence-electron chi connectivity index (χ1n) is 9.23. The maximum Gasteiger partial charge on any atom is 0.573 e. The molecule has 3 aromatic rings. The molecule has 4 rings (SSSR count). The lowest BCUT2D eigenvalue weighted by Crippen LogP contribution is -2.46. The predicted octanol–water partition coefficient (Wildman–Crippen LogP) is 3.46. The number of pyridine rings is 1. The van der Waals surface area contributed by atoms with Crippen LogP contribution in [0.3, 0.4) is 0 Å². The van der Waals surface area contributed by atoms with E-state index >= 15 is 0 Å². The molecule has 0 bridgehead atoms. The first-order chi connectivity index (χ1) is 14.3. The van der Waals surface area contributed by atoms with Crippen LogP contribution in [-0.4, -0.2) is 51.7 Å². The van der Waals surface area contributed by atoms with E-state index in [2.05, 4.69) is 14.6 Å². The van der Waals surface area contributed by atoms with Crippen molar-refractivity contribution in [3.05, 3.63) is 64.3 Å². The van der Waals surface area contributed by atoms with Crippen molar-refractivity contribution in [3.63, 3.8) is 0 Å². The fraction of sp³-hybridized carbons (Fsp3) is 0.316. The van der Waals surface area contributed by atoms with Gasteiger partial charge in [0.05, 0.1) is 6.20 Å². The monoisotopic (exact) mass is 421 g/mol. The van der Waals surface area contributed by atoms with E-state index in [0.717, 1.165) is 5.56 Å². The maximum absolute atomic E-state index is 12.3. The van der Waals surface area contributed by atoms with Crippen molar-refractivity contribution in [2.45, 2.75) is 12.9 Å². The van der Waals surface area contributed by atoms with Gasteiger partial charge in [-0.05, 0) is 28.7 Å². The van der Waals surface area contributed by atoms with Crippen molar-refractivity contribution in [1.82, 2.24) is 14.3 Å². The van der Waals surface area contributed by atoms with Gasteiger partial charge >= 0.3 is 12.2 Å². The summed E-state index contributed by atoms with van der Waals surface area (Å²) in [7, 11) is 0. The number of ether oxygens (including phenoxy) is 1. The average molecular weight is 421 g/mol. The summed E-state index contributed by atoms with van der Waals surface area (Å²) in [5.41, 5.74) is 1.37. The molecule has 8 nitrogen and oxygen atoms in total. The van der Waals surface area contributed by atoms with Crippen LogP contribution in [0.2, 0.25) is 0 Å². The lowest BCUT2D eigenvalue weighted by molar-refractivity contribution is -0.389. The molecule has 1 aliphatic rings. The summed E-state index contributed by atoms with van der Waals surface area (Å²) in [5.74, 6) is 0.0361. The number of piperazine rings is 1. The fourth-order valence-electron chi connectivity index (χ4n) is 3.52. The number of fused-ring (bicyclic) bond motifs is 1. The van der Waals surface area contributed by atoms with E-state index in [-0.39, 0.29) is 11.6 Å². The number of halogens is 3. The highest BCUT2D eigenvalue weighted by atomic mass is 19.4. The van der Waals surface area contributed by atoms with Crippen LogP contribution in [0.15, 0.2) is 48.7 Å². The zero-order chi connectivity index (χ0) is 21.3. The van der Waals surface area contributed by atoms with Gasteiger partial charge in [0.1, 0.15) is 5.75 Å². The molecule has 30 heavy (non-hydrogen) atoms. The Morgan fingerprint density at radius 2 is 1.77 bits per heavy atom. The number of nitrogens with zero attached hydrogens (tertiary/aromatic N) is 5. The van der Waals surface area contributed by atoms with Gasteiger partial charge in [-0.25, -0.2) is 0 Å². The molecule has 1 aliphatic heterocycles. The van der Waals surface area contributed by atoms with Gasteiger partial charge in [0.15, 0.2) is 0 Å². The highest BCUT2D eigenvalue weighted by Crippen LogP contribution is 2.30. The lowest BCUT2D eigenvalue weighted by Gasteiger charge is -2.34. The van der Waals surface area contributed by atoms with Crippen LogP contribution < -0.4 is 9.64 Å². The van der Waals surface area contributed by atoms with Gasteiger partial charge < -0.3 is 19.8 Å². The van der Waals surface area contributed by atoms with Crippen molar-refractivity contribution in [2.75, 3.05) is 31.1 Å². The predicted molar refractivity (Wildman–Crippen MR) is 102 cm³/mol. The minimum atomic E-state index is -4.71. The molecular formula is C19H18F3N5O3. The number of hydrogen-bond donors (Lipinski definition) is 0. The summed E-state index contributed by atoms with van der Waals surface area (Å²) in [6, 6.07) is 11.0. The largest absolute Gasteiger partial charge is 0.573 e. The van der Waals surface area contributed by atoms with Crippen LogP contribution in [0, 0.1) is 10.1 Å². The number of nitro groups is 1. The summed E-state index contributed by atoms with van der Waals surface area (Å²) < 4.78 is 42.1. The average Bonchev–Trinajstić information content (AvgIpc) is 3.09. The highest BCUT2D eigenvalue weighted by Gasteiger charge is 2.31. The second kappa shape index (κ2) is 7.82. The zero-order valence-corrected chi connectivity index (χ0v) is 15.7. The Labute approximate surface area is 169 Å². The molecule has 3 heterocycles. The summed E-state index contributed by atoms with van der Waals surface area (Å²) in [6.45, 7) is 2.96. The third kappa shape index (κ3) is 4.30. The third-order valence-corrected chi connectivity index (χ3v) is 4.89. The molecule has 0 N–H and O–H groups in total. The number of hydrogen-bond acceptors (Lipinski definition) is 6. The van der Waals surface area contributed by atoms with Crippen LogP contribution >= 0.6 is 0 Å². The summed E-state index contributed by atoms with van der Waals surface area (Å²) in [5, 5.41) is 11.6. The van der Waals surface area contributed by atoms with Gasteiger partial charge in [-0.15, -0.1) is 13.2 Å². The SMILES string of the molecule is O=[N+]([O-])c1c(N2CCN(Cc3ccc(OC(F)(F)F)cc3)CC2)nc2ccccn12. The van der Waals surface area contributed by atoms with E-state index < -0.39 is 11.3 Å². The number of benzene rings is 1. The molecule has 0 atom stereocenters. The highest BCUT2D eigenvalue weighted by molar-refractivity contribution is 5.63. The van der Waals surface area contributed by atoms with E-state index in [4.69, 9.17) is 0 Å². The van der Waals surface area contributed by atoms with Crippen LogP contribution in [-0.2, 0) is 6.54 Å².